The van der Waals surface area contributed by atoms with Gasteiger partial charge in [0.2, 0.25) is 5.91 Å². The summed E-state index contributed by atoms with van der Waals surface area (Å²) in [5.74, 6) is -1.24. The first-order chi connectivity index (χ1) is 11.3. The lowest BCUT2D eigenvalue weighted by atomic mass is 10.1. The van der Waals surface area contributed by atoms with Crippen LogP contribution in [0.4, 0.5) is 0 Å². The number of rotatable bonds is 2. The maximum Gasteiger partial charge on any atom is 0.360 e. The molecule has 0 bridgehead atoms. The van der Waals surface area contributed by atoms with Crippen LogP contribution in [-0.2, 0) is 14.3 Å². The van der Waals surface area contributed by atoms with Gasteiger partial charge in [0.25, 0.3) is 5.91 Å². The third-order valence-corrected chi connectivity index (χ3v) is 3.71. The van der Waals surface area contributed by atoms with E-state index in [1.54, 1.807) is 39.0 Å². The second kappa shape index (κ2) is 5.74. The van der Waals surface area contributed by atoms with Crippen molar-refractivity contribution in [3.8, 4) is 0 Å². The molecule has 2 heterocycles. The van der Waals surface area contributed by atoms with Gasteiger partial charge in [-0.25, -0.2) is 4.79 Å². The Balaban J connectivity index is 2.05. The smallest absolute Gasteiger partial charge is 0.360 e. The van der Waals surface area contributed by atoms with Gasteiger partial charge in [-0.05, 0) is 33.3 Å². The van der Waals surface area contributed by atoms with E-state index in [4.69, 9.17) is 4.74 Å². The molecule has 1 fully saturated rings. The summed E-state index contributed by atoms with van der Waals surface area (Å²) in [5.41, 5.74) is 0.189. The predicted octanol–water partition coefficient (Wildman–Crippen LogP) is 1.97. The number of imide groups is 1. The molecule has 0 aliphatic carbocycles. The van der Waals surface area contributed by atoms with E-state index in [2.05, 4.69) is 10.4 Å². The molecule has 1 unspecified atom stereocenters. The number of para-hydroxylation sites is 1. The Kier molecular flexibility index (Phi) is 3.87. The molecular weight excluding hydrogens is 310 g/mol. The molecule has 1 atom stereocenters. The molecule has 1 aliphatic rings. The molecule has 0 spiro atoms. The number of esters is 1. The van der Waals surface area contributed by atoms with Gasteiger partial charge in [0, 0.05) is 11.8 Å². The minimum Gasteiger partial charge on any atom is -0.455 e. The molecule has 1 aromatic carbocycles. The van der Waals surface area contributed by atoms with E-state index < -0.39 is 23.5 Å². The van der Waals surface area contributed by atoms with Crippen molar-refractivity contribution >= 4 is 28.7 Å². The number of carbonyl (C=O) groups excluding carboxylic acids is 3. The zero-order valence-electron chi connectivity index (χ0n) is 13.8. The molecule has 1 aliphatic heterocycles. The van der Waals surface area contributed by atoms with Crippen LogP contribution in [0.5, 0.6) is 0 Å². The zero-order valence-corrected chi connectivity index (χ0v) is 13.8. The highest BCUT2D eigenvalue weighted by Crippen LogP contribution is 2.27. The van der Waals surface area contributed by atoms with Gasteiger partial charge >= 0.3 is 5.97 Å². The summed E-state index contributed by atoms with van der Waals surface area (Å²) in [6.07, 6.45) is 0.594. The predicted molar refractivity (Wildman–Crippen MR) is 86.3 cm³/mol. The van der Waals surface area contributed by atoms with E-state index in [1.165, 1.54) is 4.68 Å². The maximum atomic E-state index is 12.5. The van der Waals surface area contributed by atoms with E-state index in [0.29, 0.717) is 17.3 Å². The Labute approximate surface area is 139 Å². The van der Waals surface area contributed by atoms with Crippen molar-refractivity contribution in [1.29, 1.82) is 0 Å². The van der Waals surface area contributed by atoms with Crippen molar-refractivity contribution in [2.45, 2.75) is 45.3 Å². The van der Waals surface area contributed by atoms with Crippen LogP contribution in [0.3, 0.4) is 0 Å². The van der Waals surface area contributed by atoms with Crippen LogP contribution < -0.4 is 5.32 Å². The van der Waals surface area contributed by atoms with Gasteiger partial charge in [-0.15, -0.1) is 0 Å². The Hall–Kier alpha value is -2.70. The fourth-order valence-corrected chi connectivity index (χ4v) is 2.72. The number of piperidine rings is 1. The summed E-state index contributed by atoms with van der Waals surface area (Å²) in [7, 11) is 0. The molecule has 126 valence electrons. The number of nitrogens with zero attached hydrogens (tertiary/aromatic N) is 2. The number of hydrogen-bond acceptors (Lipinski definition) is 5. The summed E-state index contributed by atoms with van der Waals surface area (Å²) in [4.78, 5) is 35.9. The van der Waals surface area contributed by atoms with Crippen LogP contribution in [0.2, 0.25) is 0 Å². The lowest BCUT2D eigenvalue weighted by Crippen LogP contribution is -2.42. The monoisotopic (exact) mass is 329 g/mol. The summed E-state index contributed by atoms with van der Waals surface area (Å²) < 4.78 is 6.92. The van der Waals surface area contributed by atoms with Gasteiger partial charge in [0.05, 0.1) is 5.52 Å². The second-order valence-corrected chi connectivity index (χ2v) is 6.78. The van der Waals surface area contributed by atoms with Gasteiger partial charge in [-0.2, -0.15) is 5.10 Å². The minimum absolute atomic E-state index is 0.172. The molecule has 0 saturated carbocycles. The fraction of sp³-hybridized carbons (Fsp3) is 0.412. The van der Waals surface area contributed by atoms with Crippen LogP contribution in [0.15, 0.2) is 24.3 Å². The van der Waals surface area contributed by atoms with Crippen molar-refractivity contribution in [1.82, 2.24) is 15.1 Å². The van der Waals surface area contributed by atoms with Gasteiger partial charge in [-0.3, -0.25) is 19.6 Å². The van der Waals surface area contributed by atoms with Gasteiger partial charge < -0.3 is 4.74 Å². The van der Waals surface area contributed by atoms with E-state index in [1.807, 2.05) is 6.07 Å². The van der Waals surface area contributed by atoms with E-state index in [0.717, 1.165) is 0 Å². The standard InChI is InChI=1S/C17H19N3O4/c1-17(2,3)24-16(23)14-10-6-4-5-7-11(10)20(19-14)12-8-9-13(21)18-15(12)22/h4-7,12H,8-9H2,1-3H3,(H,18,21,22). The van der Waals surface area contributed by atoms with Crippen molar-refractivity contribution in [2.24, 2.45) is 0 Å². The molecule has 3 rings (SSSR count). The largest absolute Gasteiger partial charge is 0.455 e. The molecular formula is C17H19N3O4. The molecule has 2 aromatic rings. The van der Waals surface area contributed by atoms with Crippen molar-refractivity contribution in [2.75, 3.05) is 0 Å². The highest BCUT2D eigenvalue weighted by molar-refractivity contribution is 6.04. The average molecular weight is 329 g/mol. The minimum atomic E-state index is -0.642. The molecule has 2 amide bonds. The molecule has 1 saturated heterocycles. The summed E-state index contributed by atoms with van der Waals surface area (Å²) in [6.45, 7) is 5.35. The Morgan fingerprint density at radius 3 is 2.67 bits per heavy atom. The van der Waals surface area contributed by atoms with Crippen molar-refractivity contribution < 1.29 is 19.1 Å². The SMILES string of the molecule is CC(C)(C)OC(=O)c1nn(C2CCC(=O)NC2=O)c2ccccc12. The molecule has 1 N–H and O–H groups in total. The molecule has 24 heavy (non-hydrogen) atoms. The quantitative estimate of drug-likeness (QED) is 0.672. The number of benzene rings is 1. The van der Waals surface area contributed by atoms with Crippen LogP contribution >= 0.6 is 0 Å². The number of hydrogen-bond donors (Lipinski definition) is 1. The molecule has 1 aromatic heterocycles. The highest BCUT2D eigenvalue weighted by Gasteiger charge is 2.32. The number of nitrogens with one attached hydrogen (secondary N) is 1. The second-order valence-electron chi connectivity index (χ2n) is 6.78. The summed E-state index contributed by atoms with van der Waals surface area (Å²) in [5, 5.41) is 7.28. The fourth-order valence-electron chi connectivity index (χ4n) is 2.72. The molecule has 7 heteroatoms. The number of amides is 2. The van der Waals surface area contributed by atoms with Crippen molar-refractivity contribution in [3.05, 3.63) is 30.0 Å². The number of fused-ring (bicyclic) bond motifs is 1. The lowest BCUT2D eigenvalue weighted by Gasteiger charge is -2.21. The molecule has 0 radical (unpaired) electrons. The first-order valence-electron chi connectivity index (χ1n) is 7.80. The summed E-state index contributed by atoms with van der Waals surface area (Å²) >= 11 is 0. The van der Waals surface area contributed by atoms with E-state index >= 15 is 0 Å². The van der Waals surface area contributed by atoms with Gasteiger partial charge in [-0.1, -0.05) is 18.2 Å². The van der Waals surface area contributed by atoms with Gasteiger partial charge in [0.1, 0.15) is 11.6 Å². The van der Waals surface area contributed by atoms with Gasteiger partial charge in [0.15, 0.2) is 5.69 Å². The Bertz CT molecular complexity index is 832. The third kappa shape index (κ3) is 3.02. The van der Waals surface area contributed by atoms with E-state index in [9.17, 15) is 14.4 Å². The Morgan fingerprint density at radius 1 is 1.29 bits per heavy atom. The number of aromatic nitrogens is 2. The first-order valence-corrected chi connectivity index (χ1v) is 7.80. The lowest BCUT2D eigenvalue weighted by molar-refractivity contribution is -0.135. The zero-order chi connectivity index (χ0) is 17.5. The van der Waals surface area contributed by atoms with Crippen LogP contribution in [0.1, 0.15) is 50.1 Å². The first kappa shape index (κ1) is 16.2. The van der Waals surface area contributed by atoms with Crippen molar-refractivity contribution in [3.63, 3.8) is 0 Å². The summed E-state index contributed by atoms with van der Waals surface area (Å²) in [6, 6.07) is 6.55. The highest BCUT2D eigenvalue weighted by atomic mass is 16.6. The third-order valence-electron chi connectivity index (χ3n) is 3.71. The average Bonchev–Trinajstić information content (AvgIpc) is 2.85. The van der Waals surface area contributed by atoms with Crippen LogP contribution in [0, 0.1) is 0 Å². The normalized spacial score (nSPS) is 18.5. The van der Waals surface area contributed by atoms with E-state index in [-0.39, 0.29) is 18.0 Å². The number of ether oxygens (including phenoxy) is 1. The van der Waals surface area contributed by atoms with Crippen LogP contribution in [-0.4, -0.2) is 33.2 Å². The Morgan fingerprint density at radius 2 is 2.00 bits per heavy atom. The van der Waals surface area contributed by atoms with Crippen LogP contribution in [0.25, 0.3) is 10.9 Å². The topological polar surface area (TPSA) is 90.3 Å². The maximum absolute atomic E-state index is 12.5. The molecule has 7 nitrogen and oxygen atoms in total. The number of carbonyl (C=O) groups is 3.